The van der Waals surface area contributed by atoms with E-state index in [1.54, 1.807) is 34.9 Å². The van der Waals surface area contributed by atoms with Gasteiger partial charge in [-0.25, -0.2) is 0 Å². The van der Waals surface area contributed by atoms with Gasteiger partial charge in [0.15, 0.2) is 6.10 Å². The summed E-state index contributed by atoms with van der Waals surface area (Å²) >= 11 is 7.87. The maximum atomic E-state index is 12.0. The monoisotopic (exact) mass is 452 g/mol. The lowest BCUT2D eigenvalue weighted by atomic mass is 10.1. The third-order valence-corrected chi connectivity index (χ3v) is 7.38. The summed E-state index contributed by atoms with van der Waals surface area (Å²) in [5.74, 6) is -0.539. The van der Waals surface area contributed by atoms with Crippen molar-refractivity contribution in [1.82, 2.24) is 10.2 Å². The first kappa shape index (κ1) is 22.2. The Bertz CT molecular complexity index is 818. The van der Waals surface area contributed by atoms with Crippen molar-refractivity contribution in [3.63, 3.8) is 0 Å². The van der Waals surface area contributed by atoms with E-state index in [1.165, 1.54) is 12.0 Å². The Hall–Kier alpha value is -1.46. The van der Waals surface area contributed by atoms with E-state index in [0.29, 0.717) is 10.6 Å². The number of fused-ring (bicyclic) bond motifs is 1. The molecule has 0 bridgehead atoms. The van der Waals surface area contributed by atoms with Gasteiger partial charge in [0.25, 0.3) is 5.91 Å². The van der Waals surface area contributed by atoms with Gasteiger partial charge in [-0.05, 0) is 48.1 Å². The van der Waals surface area contributed by atoms with Gasteiger partial charge < -0.3 is 15.0 Å². The molecule has 1 N–H and O–H groups in total. The highest BCUT2D eigenvalue weighted by Crippen LogP contribution is 2.22. The van der Waals surface area contributed by atoms with E-state index in [9.17, 15) is 9.59 Å². The first-order valence-corrected chi connectivity index (χ1v) is 12.4. The summed E-state index contributed by atoms with van der Waals surface area (Å²) in [5.41, 5.74) is 2.22. The summed E-state index contributed by atoms with van der Waals surface area (Å²) in [5, 5.41) is 6.04. The van der Waals surface area contributed by atoms with Crippen LogP contribution in [-0.2, 0) is 33.7 Å². The van der Waals surface area contributed by atoms with Crippen LogP contribution in [0.1, 0.15) is 22.9 Å². The minimum Gasteiger partial charge on any atom is -0.452 e. The molecule has 0 saturated carbocycles. The third kappa shape index (κ3) is 6.51. The van der Waals surface area contributed by atoms with E-state index >= 15 is 0 Å². The second-order valence-corrected chi connectivity index (χ2v) is 9.68. The van der Waals surface area contributed by atoms with E-state index in [-0.39, 0.29) is 12.3 Å². The highest BCUT2D eigenvalue weighted by Gasteiger charge is 2.26. The number of halogens is 1. The molecule has 3 heterocycles. The van der Waals surface area contributed by atoms with Crippen LogP contribution in [0.25, 0.3) is 0 Å². The van der Waals surface area contributed by atoms with Crippen molar-refractivity contribution in [3.05, 3.63) is 56.7 Å². The summed E-state index contributed by atoms with van der Waals surface area (Å²) in [7, 11) is 0.794. The SMILES string of the molecule is C[C@@H](OC(=O)Cc1ccccc1Cl)C(=O)N1CCPC1.c1cc2c(s1)CCNC2. The number of ether oxygens (including phenoxy) is 1. The van der Waals surface area contributed by atoms with Gasteiger partial charge in [0.2, 0.25) is 0 Å². The van der Waals surface area contributed by atoms with Crippen molar-refractivity contribution in [2.45, 2.75) is 32.4 Å². The molecule has 4 rings (SSSR count). The van der Waals surface area contributed by atoms with Crippen molar-refractivity contribution in [2.75, 3.05) is 25.5 Å². The zero-order valence-corrected chi connectivity index (χ0v) is 19.0. The van der Waals surface area contributed by atoms with Crippen LogP contribution in [-0.4, -0.2) is 48.4 Å². The van der Waals surface area contributed by atoms with Crippen molar-refractivity contribution >= 4 is 43.4 Å². The van der Waals surface area contributed by atoms with Crippen LogP contribution in [0, 0.1) is 0 Å². The van der Waals surface area contributed by atoms with E-state index in [1.807, 2.05) is 17.4 Å². The number of hydrogen-bond donors (Lipinski definition) is 1. The molecule has 2 aliphatic rings. The minimum absolute atomic E-state index is 0.0824. The summed E-state index contributed by atoms with van der Waals surface area (Å²) in [6, 6.07) is 9.33. The summed E-state index contributed by atoms with van der Waals surface area (Å²) < 4.78 is 5.20. The minimum atomic E-state index is -0.729. The molecule has 1 aromatic heterocycles. The predicted octanol–water partition coefficient (Wildman–Crippen LogP) is 3.69. The van der Waals surface area contributed by atoms with Crippen LogP contribution >= 0.6 is 31.5 Å². The van der Waals surface area contributed by atoms with Crippen molar-refractivity contribution in [2.24, 2.45) is 0 Å². The van der Waals surface area contributed by atoms with Gasteiger partial charge in [0, 0.05) is 35.8 Å². The number of benzene rings is 1. The van der Waals surface area contributed by atoms with Crippen LogP contribution in [0.3, 0.4) is 0 Å². The van der Waals surface area contributed by atoms with E-state index in [4.69, 9.17) is 16.3 Å². The molecule has 156 valence electrons. The lowest BCUT2D eigenvalue weighted by molar-refractivity contribution is -0.157. The van der Waals surface area contributed by atoms with Gasteiger partial charge in [0.05, 0.1) is 6.42 Å². The smallest absolute Gasteiger partial charge is 0.311 e. The molecular weight excluding hydrogens is 427 g/mol. The van der Waals surface area contributed by atoms with Gasteiger partial charge in [-0.1, -0.05) is 38.4 Å². The number of esters is 1. The second-order valence-electron chi connectivity index (χ2n) is 6.96. The number of carbonyl (C=O) groups excluding carboxylic acids is 2. The maximum Gasteiger partial charge on any atom is 0.311 e. The van der Waals surface area contributed by atoms with E-state index < -0.39 is 12.1 Å². The van der Waals surface area contributed by atoms with Gasteiger partial charge in [-0.2, -0.15) is 0 Å². The number of hydrogen-bond acceptors (Lipinski definition) is 5. The number of carbonyl (C=O) groups is 2. The first-order chi connectivity index (χ1) is 14.0. The molecule has 1 unspecified atom stereocenters. The molecule has 5 nitrogen and oxygen atoms in total. The average molecular weight is 453 g/mol. The molecule has 2 atom stereocenters. The Balaban J connectivity index is 0.000000220. The van der Waals surface area contributed by atoms with Crippen LogP contribution < -0.4 is 5.32 Å². The molecule has 2 aliphatic heterocycles. The fourth-order valence-corrected chi connectivity index (χ4v) is 5.49. The number of rotatable bonds is 4. The Labute approximate surface area is 182 Å². The molecule has 29 heavy (non-hydrogen) atoms. The predicted molar refractivity (Wildman–Crippen MR) is 120 cm³/mol. The van der Waals surface area contributed by atoms with Crippen LogP contribution in [0.4, 0.5) is 0 Å². The Kier molecular flexibility index (Phi) is 8.49. The first-order valence-electron chi connectivity index (χ1n) is 9.73. The van der Waals surface area contributed by atoms with Crippen LogP contribution in [0.5, 0.6) is 0 Å². The van der Waals surface area contributed by atoms with Crippen LogP contribution in [0.2, 0.25) is 5.02 Å². The number of thiophene rings is 1. The Morgan fingerprint density at radius 3 is 2.90 bits per heavy atom. The van der Waals surface area contributed by atoms with Crippen molar-refractivity contribution in [3.8, 4) is 0 Å². The summed E-state index contributed by atoms with van der Waals surface area (Å²) in [6.45, 7) is 4.63. The average Bonchev–Trinajstić information content (AvgIpc) is 3.41. The Morgan fingerprint density at radius 2 is 2.17 bits per heavy atom. The topological polar surface area (TPSA) is 58.6 Å². The number of nitrogens with zero attached hydrogens (tertiary/aromatic N) is 1. The molecule has 8 heteroatoms. The zero-order valence-electron chi connectivity index (χ0n) is 16.4. The largest absolute Gasteiger partial charge is 0.452 e. The van der Waals surface area contributed by atoms with E-state index in [0.717, 1.165) is 40.7 Å². The molecule has 1 fully saturated rings. The second kappa shape index (κ2) is 11.1. The molecule has 0 radical (unpaired) electrons. The van der Waals surface area contributed by atoms with Gasteiger partial charge in [-0.3, -0.25) is 9.59 Å². The normalized spacial score (nSPS) is 17.2. The highest BCUT2D eigenvalue weighted by molar-refractivity contribution is 7.38. The van der Waals surface area contributed by atoms with Crippen LogP contribution in [0.15, 0.2) is 35.7 Å². The number of amides is 1. The third-order valence-electron chi connectivity index (χ3n) is 4.80. The lowest BCUT2D eigenvalue weighted by Crippen LogP contribution is -2.38. The lowest BCUT2D eigenvalue weighted by Gasteiger charge is -2.20. The molecular formula is C21H26ClN2O3PS. The van der Waals surface area contributed by atoms with Crippen molar-refractivity contribution in [1.29, 1.82) is 0 Å². The quantitative estimate of drug-likeness (QED) is 0.568. The van der Waals surface area contributed by atoms with Gasteiger partial charge >= 0.3 is 5.97 Å². The van der Waals surface area contributed by atoms with Gasteiger partial charge in [0.1, 0.15) is 0 Å². The van der Waals surface area contributed by atoms with E-state index in [2.05, 4.69) is 16.8 Å². The number of nitrogens with one attached hydrogen (secondary N) is 1. The highest BCUT2D eigenvalue weighted by atomic mass is 35.5. The molecule has 1 amide bonds. The molecule has 0 spiro atoms. The summed E-state index contributed by atoms with van der Waals surface area (Å²) in [4.78, 5) is 27.2. The molecule has 1 aromatic carbocycles. The molecule has 2 aromatic rings. The summed E-state index contributed by atoms with van der Waals surface area (Å²) in [6.07, 6.45) is 2.41. The standard InChI is InChI=1S/C14H17ClNO3P.C7H9NS/c1-10(14(18)16-6-7-20-9-16)19-13(17)8-11-4-2-3-5-12(11)15;1-3-8-5-6-2-4-9-7(1)6/h2-5,10,20H,6-9H2,1H3;2,4,8H,1,3,5H2/t10-;/m1./s1. The molecule has 0 aliphatic carbocycles. The zero-order chi connectivity index (χ0) is 20.6. The maximum absolute atomic E-state index is 12.0. The molecule has 1 saturated heterocycles. The fourth-order valence-electron chi connectivity index (χ4n) is 3.21. The fraction of sp³-hybridized carbons (Fsp3) is 0.429. The van der Waals surface area contributed by atoms with Crippen molar-refractivity contribution < 1.29 is 14.3 Å². The van der Waals surface area contributed by atoms with Gasteiger partial charge in [-0.15, -0.1) is 11.3 Å². The Morgan fingerprint density at radius 1 is 1.34 bits per heavy atom.